The Kier molecular flexibility index (Phi) is 5.97. The highest BCUT2D eigenvalue weighted by Crippen LogP contribution is 2.33. The zero-order valence-corrected chi connectivity index (χ0v) is 15.7. The molecule has 2 saturated heterocycles. The molecule has 2 aliphatic rings. The number of hydrogen-bond acceptors (Lipinski definition) is 4. The lowest BCUT2D eigenvalue weighted by Gasteiger charge is -2.28. The molecule has 0 spiro atoms. The first-order valence-electron chi connectivity index (χ1n) is 9.43. The molecule has 2 atom stereocenters. The van der Waals surface area contributed by atoms with E-state index in [1.54, 1.807) is 0 Å². The largest absolute Gasteiger partial charge is 0.490 e. The van der Waals surface area contributed by atoms with Crippen LogP contribution in [0.1, 0.15) is 37.7 Å². The summed E-state index contributed by atoms with van der Waals surface area (Å²) in [5.41, 5.74) is 1.92. The van der Waals surface area contributed by atoms with Gasteiger partial charge in [0.05, 0.1) is 5.69 Å². The molecule has 5 heteroatoms. The van der Waals surface area contributed by atoms with E-state index in [4.69, 9.17) is 4.74 Å². The molecule has 0 aromatic heterocycles. The molecule has 2 unspecified atom stereocenters. The first-order chi connectivity index (χ1) is 12.0. The molecular weight excluding hydrogens is 314 g/mol. The Morgan fingerprint density at radius 2 is 2.00 bits per heavy atom. The zero-order chi connectivity index (χ0) is 17.8. The molecule has 2 heterocycles. The number of anilines is 1. The van der Waals surface area contributed by atoms with Crippen molar-refractivity contribution in [3.63, 3.8) is 0 Å². The maximum absolute atomic E-state index is 12.5. The van der Waals surface area contributed by atoms with Gasteiger partial charge in [0.25, 0.3) is 0 Å². The van der Waals surface area contributed by atoms with E-state index in [-0.39, 0.29) is 5.91 Å². The lowest BCUT2D eigenvalue weighted by Crippen LogP contribution is -2.39. The summed E-state index contributed by atoms with van der Waals surface area (Å²) >= 11 is 0. The van der Waals surface area contributed by atoms with Crippen molar-refractivity contribution >= 4 is 11.6 Å². The lowest BCUT2D eigenvalue weighted by molar-refractivity contribution is -0.117. The molecule has 138 valence electrons. The number of piperidine rings is 1. The summed E-state index contributed by atoms with van der Waals surface area (Å²) in [7, 11) is 4.04. The van der Waals surface area contributed by atoms with E-state index >= 15 is 0 Å². The normalized spacial score (nSPS) is 25.2. The Labute approximate surface area is 151 Å². The minimum Gasteiger partial charge on any atom is -0.490 e. The van der Waals surface area contributed by atoms with Crippen molar-refractivity contribution in [2.45, 2.75) is 51.1 Å². The number of aryl methyl sites for hydroxylation is 1. The summed E-state index contributed by atoms with van der Waals surface area (Å²) in [6, 6.07) is 7.21. The van der Waals surface area contributed by atoms with E-state index in [1.165, 1.54) is 12.8 Å². The quantitative estimate of drug-likeness (QED) is 0.798. The molecule has 3 rings (SSSR count). The van der Waals surface area contributed by atoms with E-state index in [0.717, 1.165) is 36.4 Å². The fraction of sp³-hybridized carbons (Fsp3) is 0.650. The molecule has 2 aliphatic heterocycles. The van der Waals surface area contributed by atoms with Gasteiger partial charge in [0.1, 0.15) is 12.4 Å². The molecule has 1 amide bonds. The van der Waals surface area contributed by atoms with Gasteiger partial charge in [-0.15, -0.1) is 0 Å². The standard InChI is InChI=1S/C20H31N3O2/c1-14-4-7-18(19(10-14)25-9-8-23(2)3)22-20(24)13-15-11-16-5-6-17(12-15)21-16/h4,7,10,15-17,21H,5-6,8-9,11-13H2,1-3H3,(H,22,24). The van der Waals surface area contributed by atoms with Crippen molar-refractivity contribution in [1.29, 1.82) is 0 Å². The van der Waals surface area contributed by atoms with Crippen LogP contribution >= 0.6 is 0 Å². The fourth-order valence-electron chi connectivity index (χ4n) is 4.00. The van der Waals surface area contributed by atoms with Gasteiger partial charge in [0.2, 0.25) is 5.91 Å². The van der Waals surface area contributed by atoms with Crippen LogP contribution in [0.5, 0.6) is 5.75 Å². The monoisotopic (exact) mass is 345 g/mol. The average molecular weight is 345 g/mol. The third-order valence-electron chi connectivity index (χ3n) is 5.25. The SMILES string of the molecule is Cc1ccc(NC(=O)CC2CC3CCC(C2)N3)c(OCCN(C)C)c1. The van der Waals surface area contributed by atoms with E-state index in [1.807, 2.05) is 39.2 Å². The second-order valence-electron chi connectivity index (χ2n) is 7.88. The van der Waals surface area contributed by atoms with Gasteiger partial charge in [-0.25, -0.2) is 0 Å². The highest BCUT2D eigenvalue weighted by Gasteiger charge is 2.34. The van der Waals surface area contributed by atoms with E-state index in [9.17, 15) is 4.79 Å². The van der Waals surface area contributed by atoms with Gasteiger partial charge in [0, 0.05) is 25.0 Å². The van der Waals surface area contributed by atoms with Crippen LogP contribution in [0.2, 0.25) is 0 Å². The fourth-order valence-corrected chi connectivity index (χ4v) is 4.00. The van der Waals surface area contributed by atoms with Crippen molar-refractivity contribution in [2.24, 2.45) is 5.92 Å². The Morgan fingerprint density at radius 1 is 1.28 bits per heavy atom. The third-order valence-corrected chi connectivity index (χ3v) is 5.25. The van der Waals surface area contributed by atoms with E-state index in [0.29, 0.717) is 31.0 Å². The molecule has 0 aliphatic carbocycles. The van der Waals surface area contributed by atoms with Crippen LogP contribution < -0.4 is 15.4 Å². The number of hydrogen-bond donors (Lipinski definition) is 2. The van der Waals surface area contributed by atoms with Crippen LogP contribution in [0.4, 0.5) is 5.69 Å². The van der Waals surface area contributed by atoms with Crippen LogP contribution in [0, 0.1) is 12.8 Å². The summed E-state index contributed by atoms with van der Waals surface area (Å²) in [4.78, 5) is 14.6. The molecule has 1 aromatic carbocycles. The molecule has 25 heavy (non-hydrogen) atoms. The maximum atomic E-state index is 12.5. The smallest absolute Gasteiger partial charge is 0.224 e. The summed E-state index contributed by atoms with van der Waals surface area (Å²) in [6.07, 6.45) is 5.41. The summed E-state index contributed by atoms with van der Waals surface area (Å²) in [5, 5.41) is 6.71. The zero-order valence-electron chi connectivity index (χ0n) is 15.7. The van der Waals surface area contributed by atoms with Gasteiger partial charge < -0.3 is 20.3 Å². The molecule has 0 radical (unpaired) electrons. The Hall–Kier alpha value is -1.59. The van der Waals surface area contributed by atoms with Crippen LogP contribution in [0.3, 0.4) is 0 Å². The Morgan fingerprint density at radius 3 is 2.68 bits per heavy atom. The number of benzene rings is 1. The summed E-state index contributed by atoms with van der Waals surface area (Å²) in [6.45, 7) is 3.49. The van der Waals surface area contributed by atoms with Crippen molar-refractivity contribution in [2.75, 3.05) is 32.6 Å². The van der Waals surface area contributed by atoms with Crippen LogP contribution in [0.15, 0.2) is 18.2 Å². The second kappa shape index (κ2) is 8.19. The average Bonchev–Trinajstić information content (AvgIpc) is 2.88. The number of amides is 1. The highest BCUT2D eigenvalue weighted by molar-refractivity contribution is 5.92. The van der Waals surface area contributed by atoms with E-state index in [2.05, 4.69) is 15.5 Å². The van der Waals surface area contributed by atoms with Gasteiger partial charge in [-0.05, 0) is 70.3 Å². The van der Waals surface area contributed by atoms with Crippen LogP contribution in [-0.4, -0.2) is 50.1 Å². The number of fused-ring (bicyclic) bond motifs is 2. The molecular formula is C20H31N3O2. The van der Waals surface area contributed by atoms with Crippen molar-refractivity contribution in [3.8, 4) is 5.75 Å². The van der Waals surface area contributed by atoms with Crippen molar-refractivity contribution < 1.29 is 9.53 Å². The van der Waals surface area contributed by atoms with Crippen LogP contribution in [-0.2, 0) is 4.79 Å². The number of nitrogens with one attached hydrogen (secondary N) is 2. The lowest BCUT2D eigenvalue weighted by atomic mass is 9.89. The van der Waals surface area contributed by atoms with Crippen molar-refractivity contribution in [1.82, 2.24) is 10.2 Å². The third kappa shape index (κ3) is 5.19. The minimum atomic E-state index is 0.104. The molecule has 5 nitrogen and oxygen atoms in total. The molecule has 1 aromatic rings. The Bertz CT molecular complexity index is 591. The van der Waals surface area contributed by atoms with Crippen molar-refractivity contribution in [3.05, 3.63) is 23.8 Å². The Balaban J connectivity index is 1.56. The number of rotatable bonds is 7. The number of likely N-dealkylation sites (N-methyl/N-ethyl adjacent to an activating group) is 1. The summed E-state index contributed by atoms with van der Waals surface area (Å²) < 4.78 is 5.90. The molecule has 0 saturated carbocycles. The number of ether oxygens (including phenoxy) is 1. The summed E-state index contributed by atoms with van der Waals surface area (Å²) in [5.74, 6) is 1.37. The van der Waals surface area contributed by atoms with Crippen LogP contribution in [0.25, 0.3) is 0 Å². The predicted molar refractivity (Wildman–Crippen MR) is 101 cm³/mol. The number of carbonyl (C=O) groups is 1. The predicted octanol–water partition coefficient (Wildman–Crippen LogP) is 2.79. The second-order valence-corrected chi connectivity index (χ2v) is 7.88. The topological polar surface area (TPSA) is 53.6 Å². The number of carbonyl (C=O) groups excluding carboxylic acids is 1. The number of nitrogens with zero attached hydrogens (tertiary/aromatic N) is 1. The molecule has 2 fully saturated rings. The maximum Gasteiger partial charge on any atom is 0.224 e. The van der Waals surface area contributed by atoms with Gasteiger partial charge in [-0.1, -0.05) is 6.07 Å². The van der Waals surface area contributed by atoms with Gasteiger partial charge in [-0.2, -0.15) is 0 Å². The van der Waals surface area contributed by atoms with E-state index < -0.39 is 0 Å². The molecule has 2 bridgehead atoms. The minimum absolute atomic E-state index is 0.104. The van der Waals surface area contributed by atoms with Gasteiger partial charge in [0.15, 0.2) is 0 Å². The van der Waals surface area contributed by atoms with Gasteiger partial charge in [-0.3, -0.25) is 4.79 Å². The first-order valence-corrected chi connectivity index (χ1v) is 9.43. The highest BCUT2D eigenvalue weighted by atomic mass is 16.5. The molecule has 2 N–H and O–H groups in total. The van der Waals surface area contributed by atoms with Gasteiger partial charge >= 0.3 is 0 Å². The first kappa shape index (κ1) is 18.2.